The first kappa shape index (κ1) is 17.9. The van der Waals surface area contributed by atoms with Crippen LogP contribution in [0, 0.1) is 0 Å². The van der Waals surface area contributed by atoms with E-state index in [2.05, 4.69) is 0 Å². The zero-order valence-corrected chi connectivity index (χ0v) is 15.3. The average Bonchev–Trinajstić information content (AvgIpc) is 3.11. The molecular weight excluding hydrogens is 375 g/mol. The molecule has 2 heterocycles. The average molecular weight is 393 g/mol. The maximum Gasteiger partial charge on any atom is 0.251 e. The molecule has 2 fully saturated rings. The van der Waals surface area contributed by atoms with Crippen molar-refractivity contribution in [2.45, 2.75) is 23.8 Å². The second-order valence-corrected chi connectivity index (χ2v) is 8.56. The normalized spacial score (nSPS) is 22.8. The number of sulfonamides is 1. The van der Waals surface area contributed by atoms with Crippen LogP contribution in [0.1, 0.15) is 12.8 Å². The van der Waals surface area contributed by atoms with Gasteiger partial charge in [0.25, 0.3) is 5.91 Å². The van der Waals surface area contributed by atoms with E-state index in [-0.39, 0.29) is 35.0 Å². The van der Waals surface area contributed by atoms with Gasteiger partial charge in [0.2, 0.25) is 10.0 Å². The molecule has 6 nitrogen and oxygen atoms in total. The Morgan fingerprint density at radius 3 is 2.50 bits per heavy atom. The molecule has 1 aromatic rings. The second kappa shape index (κ2) is 7.17. The van der Waals surface area contributed by atoms with Crippen molar-refractivity contribution in [3.05, 3.63) is 28.2 Å². The van der Waals surface area contributed by atoms with Gasteiger partial charge in [0.15, 0.2) is 0 Å². The van der Waals surface area contributed by atoms with Crippen molar-refractivity contribution in [2.75, 3.05) is 32.8 Å². The Bertz CT molecular complexity index is 727. The molecule has 2 saturated heterocycles. The molecule has 24 heavy (non-hydrogen) atoms. The molecule has 132 valence electrons. The molecule has 3 rings (SSSR count). The molecule has 0 unspecified atom stereocenters. The third-order valence-electron chi connectivity index (χ3n) is 4.27. The van der Waals surface area contributed by atoms with Crippen molar-refractivity contribution < 1.29 is 17.9 Å². The summed E-state index contributed by atoms with van der Waals surface area (Å²) in [5.41, 5.74) is 0. The number of piperazine rings is 1. The van der Waals surface area contributed by atoms with Crippen molar-refractivity contribution >= 4 is 39.1 Å². The Morgan fingerprint density at radius 2 is 1.88 bits per heavy atom. The Balaban J connectivity index is 1.69. The van der Waals surface area contributed by atoms with Crippen LogP contribution in [0.25, 0.3) is 0 Å². The minimum atomic E-state index is -3.74. The molecule has 0 saturated carbocycles. The monoisotopic (exact) mass is 392 g/mol. The summed E-state index contributed by atoms with van der Waals surface area (Å²) < 4.78 is 32.2. The maximum absolute atomic E-state index is 12.7. The Morgan fingerprint density at radius 1 is 1.17 bits per heavy atom. The van der Waals surface area contributed by atoms with E-state index in [4.69, 9.17) is 27.9 Å². The van der Waals surface area contributed by atoms with Crippen LogP contribution >= 0.6 is 23.2 Å². The molecule has 1 atom stereocenters. The molecule has 0 bridgehead atoms. The number of halogens is 2. The molecule has 0 aliphatic carbocycles. The van der Waals surface area contributed by atoms with Gasteiger partial charge in [-0.15, -0.1) is 0 Å². The molecule has 9 heteroatoms. The van der Waals surface area contributed by atoms with Crippen molar-refractivity contribution in [3.63, 3.8) is 0 Å². The summed E-state index contributed by atoms with van der Waals surface area (Å²) in [7, 11) is -3.74. The number of carbonyl (C=O) groups is 1. The number of nitrogens with zero attached hydrogens (tertiary/aromatic N) is 2. The zero-order chi connectivity index (χ0) is 17.3. The predicted molar refractivity (Wildman–Crippen MR) is 90.8 cm³/mol. The highest BCUT2D eigenvalue weighted by Crippen LogP contribution is 2.28. The summed E-state index contributed by atoms with van der Waals surface area (Å²) in [5, 5.41) is 0.447. The van der Waals surface area contributed by atoms with Gasteiger partial charge in [-0.2, -0.15) is 4.31 Å². The lowest BCUT2D eigenvalue weighted by molar-refractivity contribution is -0.142. The van der Waals surface area contributed by atoms with Crippen LogP contribution in [0.4, 0.5) is 0 Å². The van der Waals surface area contributed by atoms with E-state index in [0.717, 1.165) is 12.8 Å². The quantitative estimate of drug-likeness (QED) is 0.788. The zero-order valence-electron chi connectivity index (χ0n) is 13.0. The molecule has 2 aliphatic rings. The lowest BCUT2D eigenvalue weighted by atomic mass is 10.2. The molecular formula is C15H18Cl2N2O4S. The van der Waals surface area contributed by atoms with Gasteiger partial charge in [-0.25, -0.2) is 8.42 Å². The van der Waals surface area contributed by atoms with Gasteiger partial charge in [-0.3, -0.25) is 4.79 Å². The van der Waals surface area contributed by atoms with E-state index >= 15 is 0 Å². The third kappa shape index (κ3) is 3.55. The number of carbonyl (C=O) groups excluding carboxylic acids is 1. The highest BCUT2D eigenvalue weighted by Gasteiger charge is 2.34. The van der Waals surface area contributed by atoms with E-state index < -0.39 is 10.0 Å². The molecule has 2 aliphatic heterocycles. The summed E-state index contributed by atoms with van der Waals surface area (Å²) in [6.07, 6.45) is 1.24. The van der Waals surface area contributed by atoms with Gasteiger partial charge in [-0.1, -0.05) is 23.2 Å². The highest BCUT2D eigenvalue weighted by molar-refractivity contribution is 7.89. The third-order valence-corrected chi connectivity index (χ3v) is 6.88. The molecule has 0 radical (unpaired) electrons. The van der Waals surface area contributed by atoms with Crippen LogP contribution < -0.4 is 0 Å². The van der Waals surface area contributed by atoms with Crippen molar-refractivity contribution in [1.29, 1.82) is 0 Å². The SMILES string of the molecule is O=C([C@H]1CCCO1)N1CCN(S(=O)(=O)c2cc(Cl)ccc2Cl)CC1. The lowest BCUT2D eigenvalue weighted by Crippen LogP contribution is -2.52. The minimum absolute atomic E-state index is 0.00410. The van der Waals surface area contributed by atoms with Crippen LogP contribution in [0.3, 0.4) is 0 Å². The smallest absolute Gasteiger partial charge is 0.251 e. The number of hydrogen-bond donors (Lipinski definition) is 0. The largest absolute Gasteiger partial charge is 0.368 e. The maximum atomic E-state index is 12.7. The summed E-state index contributed by atoms with van der Waals surface area (Å²) in [6, 6.07) is 4.36. The molecule has 1 amide bonds. The van der Waals surface area contributed by atoms with Crippen LogP contribution in [-0.2, 0) is 19.6 Å². The fourth-order valence-electron chi connectivity index (χ4n) is 2.94. The first-order valence-electron chi connectivity index (χ1n) is 7.75. The van der Waals surface area contributed by atoms with E-state index in [0.29, 0.717) is 24.7 Å². The number of amides is 1. The first-order valence-corrected chi connectivity index (χ1v) is 9.95. The van der Waals surface area contributed by atoms with E-state index in [9.17, 15) is 13.2 Å². The molecule has 0 N–H and O–H groups in total. The lowest BCUT2D eigenvalue weighted by Gasteiger charge is -2.35. The van der Waals surface area contributed by atoms with Crippen LogP contribution in [0.2, 0.25) is 10.0 Å². The van der Waals surface area contributed by atoms with Gasteiger partial charge in [0.1, 0.15) is 11.0 Å². The molecule has 0 spiro atoms. The standard InChI is InChI=1S/C15H18Cl2N2O4S/c16-11-3-4-12(17)14(10-11)24(21,22)19-7-5-18(6-8-19)15(20)13-2-1-9-23-13/h3-4,10,13H,1-2,5-9H2/t13-/m1/s1. The second-order valence-electron chi connectivity index (χ2n) is 5.81. The Kier molecular flexibility index (Phi) is 5.36. The number of ether oxygens (including phenoxy) is 1. The topological polar surface area (TPSA) is 66.9 Å². The summed E-state index contributed by atoms with van der Waals surface area (Å²) >= 11 is 11.9. The van der Waals surface area contributed by atoms with Crippen molar-refractivity contribution in [1.82, 2.24) is 9.21 Å². The van der Waals surface area contributed by atoms with Crippen molar-refractivity contribution in [2.24, 2.45) is 0 Å². The van der Waals surface area contributed by atoms with Gasteiger partial charge in [0.05, 0.1) is 5.02 Å². The van der Waals surface area contributed by atoms with Crippen LogP contribution in [0.15, 0.2) is 23.1 Å². The van der Waals surface area contributed by atoms with Gasteiger partial charge in [-0.05, 0) is 31.0 Å². The summed E-state index contributed by atoms with van der Waals surface area (Å²) in [6.45, 7) is 1.75. The predicted octanol–water partition coefficient (Wildman–Crippen LogP) is 2.01. The Labute approximate surface area is 151 Å². The first-order chi connectivity index (χ1) is 11.4. The highest BCUT2D eigenvalue weighted by atomic mass is 35.5. The van der Waals surface area contributed by atoms with Gasteiger partial charge in [0, 0.05) is 37.8 Å². The molecule has 0 aromatic heterocycles. The number of rotatable bonds is 3. The van der Waals surface area contributed by atoms with Crippen LogP contribution in [0.5, 0.6) is 0 Å². The van der Waals surface area contributed by atoms with Crippen LogP contribution in [-0.4, -0.2) is 62.4 Å². The fraction of sp³-hybridized carbons (Fsp3) is 0.533. The van der Waals surface area contributed by atoms with Gasteiger partial charge < -0.3 is 9.64 Å². The summed E-state index contributed by atoms with van der Waals surface area (Å²) in [4.78, 5) is 14.0. The van der Waals surface area contributed by atoms with Gasteiger partial charge >= 0.3 is 0 Å². The minimum Gasteiger partial charge on any atom is -0.368 e. The molecule has 1 aromatic carbocycles. The summed E-state index contributed by atoms with van der Waals surface area (Å²) in [5.74, 6) is -0.0506. The van der Waals surface area contributed by atoms with E-state index in [1.54, 1.807) is 11.0 Å². The van der Waals surface area contributed by atoms with E-state index in [1.807, 2.05) is 0 Å². The van der Waals surface area contributed by atoms with Crippen molar-refractivity contribution in [3.8, 4) is 0 Å². The number of hydrogen-bond acceptors (Lipinski definition) is 4. The fourth-order valence-corrected chi connectivity index (χ4v) is 5.10. The Hall–Kier alpha value is -0.860. The number of benzene rings is 1. The van der Waals surface area contributed by atoms with E-state index in [1.165, 1.54) is 16.4 Å².